The Balaban J connectivity index is 1.46. The second-order valence-corrected chi connectivity index (χ2v) is 8.77. The van der Waals surface area contributed by atoms with Crippen molar-refractivity contribution in [2.24, 2.45) is 0 Å². The Morgan fingerprint density at radius 2 is 1.74 bits per heavy atom. The summed E-state index contributed by atoms with van der Waals surface area (Å²) in [5.74, 6) is -5.90. The van der Waals surface area contributed by atoms with Crippen LogP contribution in [0.1, 0.15) is 36.3 Å². The maximum atomic E-state index is 13.9. The van der Waals surface area contributed by atoms with Crippen molar-refractivity contribution < 1.29 is 33.0 Å². The molecule has 0 saturated carbocycles. The highest BCUT2D eigenvalue weighted by molar-refractivity contribution is 5.90. The number of rotatable bonds is 8. The van der Waals surface area contributed by atoms with Crippen LogP contribution in [0.3, 0.4) is 0 Å². The number of nitrogens with one attached hydrogen (secondary N) is 1. The molecule has 1 aliphatic heterocycles. The van der Waals surface area contributed by atoms with E-state index in [0.29, 0.717) is 11.3 Å². The number of aliphatic carboxylic acids is 1. The zero-order valence-electron chi connectivity index (χ0n) is 19.0. The molecule has 35 heavy (non-hydrogen) atoms. The molecule has 7 nitrogen and oxygen atoms in total. The van der Waals surface area contributed by atoms with E-state index in [2.05, 4.69) is 11.9 Å². The lowest BCUT2D eigenvalue weighted by molar-refractivity contribution is -0.149. The number of ether oxygens (including phenoxy) is 1. The summed E-state index contributed by atoms with van der Waals surface area (Å²) in [7, 11) is 0. The molecule has 4 rings (SSSR count). The third-order valence-electron chi connectivity index (χ3n) is 6.43. The fraction of sp³-hybridized carbons (Fsp3) is 0.346. The van der Waals surface area contributed by atoms with Crippen molar-refractivity contribution in [1.29, 1.82) is 0 Å². The third kappa shape index (κ3) is 5.03. The molecule has 2 aromatic rings. The normalized spacial score (nSPS) is 18.9. The lowest BCUT2D eigenvalue weighted by Gasteiger charge is -2.26. The van der Waals surface area contributed by atoms with Crippen molar-refractivity contribution in [3.63, 3.8) is 0 Å². The Kier molecular flexibility index (Phi) is 6.86. The van der Waals surface area contributed by atoms with Gasteiger partial charge in [0.05, 0.1) is 6.54 Å². The minimum absolute atomic E-state index is 0.0156. The van der Waals surface area contributed by atoms with Gasteiger partial charge in [0, 0.05) is 12.3 Å². The number of allylic oxidation sites excluding steroid dienone is 1. The van der Waals surface area contributed by atoms with Gasteiger partial charge in [0.2, 0.25) is 5.91 Å². The van der Waals surface area contributed by atoms with Crippen molar-refractivity contribution in [3.8, 4) is 11.1 Å². The molecule has 1 saturated heterocycles. The van der Waals surface area contributed by atoms with Crippen molar-refractivity contribution in [2.75, 3.05) is 13.2 Å². The van der Waals surface area contributed by atoms with Crippen LogP contribution in [0.4, 0.5) is 13.6 Å². The topological polar surface area (TPSA) is 95.9 Å². The number of fused-ring (bicyclic) bond motifs is 3. The number of nitrogens with zero attached hydrogens (tertiary/aromatic N) is 1. The summed E-state index contributed by atoms with van der Waals surface area (Å²) in [4.78, 5) is 37.8. The van der Waals surface area contributed by atoms with Crippen LogP contribution in [0.15, 0.2) is 61.2 Å². The summed E-state index contributed by atoms with van der Waals surface area (Å²) in [5, 5.41) is 11.8. The van der Waals surface area contributed by atoms with Gasteiger partial charge >= 0.3 is 12.1 Å². The molecular formula is C26H26F2N2O5. The lowest BCUT2D eigenvalue weighted by atomic mass is 9.98. The molecule has 1 unspecified atom stereocenters. The van der Waals surface area contributed by atoms with E-state index in [1.807, 2.05) is 48.5 Å². The molecule has 0 bridgehead atoms. The highest BCUT2D eigenvalue weighted by Crippen LogP contribution is 2.44. The number of carboxylic acid groups (broad SMARTS) is 1. The summed E-state index contributed by atoms with van der Waals surface area (Å²) in [6.07, 6.45) is 0.0513. The first kappa shape index (κ1) is 24.4. The Morgan fingerprint density at radius 3 is 2.31 bits per heavy atom. The van der Waals surface area contributed by atoms with E-state index in [1.165, 1.54) is 6.08 Å². The Hall–Kier alpha value is -3.75. The van der Waals surface area contributed by atoms with E-state index in [0.717, 1.165) is 22.3 Å². The predicted octanol–water partition coefficient (Wildman–Crippen LogP) is 4.18. The van der Waals surface area contributed by atoms with Crippen LogP contribution in [-0.2, 0) is 14.3 Å². The minimum Gasteiger partial charge on any atom is -0.480 e. The minimum atomic E-state index is -3.31. The van der Waals surface area contributed by atoms with Crippen LogP contribution in [-0.4, -0.2) is 59.1 Å². The highest BCUT2D eigenvalue weighted by atomic mass is 19.3. The van der Waals surface area contributed by atoms with Gasteiger partial charge in [-0.25, -0.2) is 18.4 Å². The largest absolute Gasteiger partial charge is 0.480 e. The zero-order chi connectivity index (χ0) is 25.2. The van der Waals surface area contributed by atoms with Gasteiger partial charge in [-0.3, -0.25) is 4.79 Å². The van der Waals surface area contributed by atoms with Crippen molar-refractivity contribution in [3.05, 3.63) is 72.3 Å². The van der Waals surface area contributed by atoms with Crippen LogP contribution < -0.4 is 5.32 Å². The quantitative estimate of drug-likeness (QED) is 0.548. The summed E-state index contributed by atoms with van der Waals surface area (Å²) in [6.45, 7) is 2.58. The molecule has 1 fully saturated rings. The summed E-state index contributed by atoms with van der Waals surface area (Å²) in [6, 6.07) is 12.8. The van der Waals surface area contributed by atoms with E-state index in [9.17, 15) is 28.3 Å². The van der Waals surface area contributed by atoms with Crippen molar-refractivity contribution in [1.82, 2.24) is 10.2 Å². The maximum absolute atomic E-state index is 13.9. The monoisotopic (exact) mass is 484 g/mol. The number of halogens is 2. The second-order valence-electron chi connectivity index (χ2n) is 8.77. The van der Waals surface area contributed by atoms with Gasteiger partial charge in [-0.2, -0.15) is 0 Å². The number of alkyl carbamates (subject to hydrolysis) is 1. The fourth-order valence-corrected chi connectivity index (χ4v) is 4.79. The lowest BCUT2D eigenvalue weighted by Crippen LogP contribution is -2.52. The summed E-state index contributed by atoms with van der Waals surface area (Å²) < 4.78 is 33.3. The summed E-state index contributed by atoms with van der Waals surface area (Å²) in [5.41, 5.74) is 4.16. The number of hydrogen-bond donors (Lipinski definition) is 2. The molecule has 184 valence electrons. The Labute approximate surface area is 201 Å². The number of carboxylic acids is 1. The molecule has 0 spiro atoms. The number of likely N-dealkylation sites (tertiary alicyclic amines) is 1. The average Bonchev–Trinajstić information content (AvgIpc) is 3.34. The first-order valence-corrected chi connectivity index (χ1v) is 11.4. The van der Waals surface area contributed by atoms with Gasteiger partial charge in [-0.05, 0) is 35.1 Å². The molecule has 2 amide bonds. The van der Waals surface area contributed by atoms with Crippen molar-refractivity contribution >= 4 is 18.0 Å². The van der Waals surface area contributed by atoms with Gasteiger partial charge in [-0.1, -0.05) is 54.6 Å². The number of alkyl halides is 2. The first-order valence-electron chi connectivity index (χ1n) is 11.4. The Morgan fingerprint density at radius 1 is 1.14 bits per heavy atom. The molecule has 2 atom stereocenters. The van der Waals surface area contributed by atoms with Crippen LogP contribution in [0.25, 0.3) is 11.1 Å². The smallest absolute Gasteiger partial charge is 0.407 e. The molecule has 9 heteroatoms. The standard InChI is InChI=1S/C26H26F2N2O5/c1-2-3-12-21(23(31)30-15-26(27,28)13-22(30)24(32)33)29-25(34)35-14-20-18-10-6-4-8-16(18)17-9-5-7-11-19(17)20/h2,4-11,20-22H,1,3,12-15H2,(H,29,34)(H,32,33)/t21?,22-/m1/s1. The van der Waals surface area contributed by atoms with Gasteiger partial charge in [0.1, 0.15) is 18.7 Å². The fourth-order valence-electron chi connectivity index (χ4n) is 4.79. The van der Waals surface area contributed by atoms with E-state index in [-0.39, 0.29) is 18.9 Å². The number of benzene rings is 2. The first-order chi connectivity index (χ1) is 16.7. The third-order valence-corrected chi connectivity index (χ3v) is 6.43. The highest BCUT2D eigenvalue weighted by Gasteiger charge is 2.51. The molecular weight excluding hydrogens is 458 g/mol. The zero-order valence-corrected chi connectivity index (χ0v) is 19.0. The molecule has 0 radical (unpaired) electrons. The molecule has 1 heterocycles. The van der Waals surface area contributed by atoms with Crippen LogP contribution >= 0.6 is 0 Å². The number of hydrogen-bond acceptors (Lipinski definition) is 4. The van der Waals surface area contributed by atoms with Crippen LogP contribution in [0.2, 0.25) is 0 Å². The number of carbonyl (C=O) groups excluding carboxylic acids is 2. The van der Waals surface area contributed by atoms with E-state index in [1.54, 1.807) is 0 Å². The Bertz CT molecular complexity index is 1110. The van der Waals surface area contributed by atoms with Gasteiger partial charge in [0.15, 0.2) is 0 Å². The van der Waals surface area contributed by atoms with E-state index in [4.69, 9.17) is 4.74 Å². The van der Waals surface area contributed by atoms with Gasteiger partial charge in [0.25, 0.3) is 5.92 Å². The SMILES string of the molecule is C=CCCC(NC(=O)OCC1c2ccccc2-c2ccccc21)C(=O)N1CC(F)(F)C[C@@H]1C(=O)O. The number of carbonyl (C=O) groups is 3. The van der Waals surface area contributed by atoms with Gasteiger partial charge < -0.3 is 20.1 Å². The number of amides is 2. The molecule has 2 aromatic carbocycles. The van der Waals surface area contributed by atoms with Gasteiger partial charge in [-0.15, -0.1) is 6.58 Å². The summed E-state index contributed by atoms with van der Waals surface area (Å²) >= 11 is 0. The van der Waals surface area contributed by atoms with E-state index < -0.39 is 48.9 Å². The molecule has 2 N–H and O–H groups in total. The van der Waals surface area contributed by atoms with Crippen molar-refractivity contribution in [2.45, 2.75) is 43.2 Å². The second kappa shape index (κ2) is 9.85. The molecule has 1 aliphatic carbocycles. The molecule has 0 aromatic heterocycles. The van der Waals surface area contributed by atoms with Crippen LogP contribution in [0.5, 0.6) is 0 Å². The predicted molar refractivity (Wildman–Crippen MR) is 124 cm³/mol. The maximum Gasteiger partial charge on any atom is 0.407 e. The van der Waals surface area contributed by atoms with E-state index >= 15 is 0 Å². The van der Waals surface area contributed by atoms with Crippen LogP contribution in [0, 0.1) is 0 Å². The molecule has 2 aliphatic rings. The average molecular weight is 484 g/mol.